The van der Waals surface area contributed by atoms with Crippen LogP contribution >= 0.6 is 11.3 Å². The number of piperidine rings is 1. The Hall–Kier alpha value is -4.63. The fourth-order valence-electron chi connectivity index (χ4n) is 5.35. The quantitative estimate of drug-likeness (QED) is 0.0544. The number of aliphatic carboxylic acids is 1. The van der Waals surface area contributed by atoms with Crippen molar-refractivity contribution >= 4 is 67.1 Å². The second kappa shape index (κ2) is 13.7. The second-order valence-electron chi connectivity index (χ2n) is 12.8. The number of oxime groups is 1. The summed E-state index contributed by atoms with van der Waals surface area (Å²) in [7, 11) is -0.565. The molecular weight excluding hydrogens is 684 g/mol. The van der Waals surface area contributed by atoms with Crippen molar-refractivity contribution in [3.8, 4) is 5.75 Å². The number of likely N-dealkylation sites (tertiary alicyclic amines) is 1. The fraction of sp³-hybridized carbons (Fsp3) is 0.448. The molecule has 2 saturated heterocycles. The third kappa shape index (κ3) is 8.51. The first kappa shape index (κ1) is 35.7. The van der Waals surface area contributed by atoms with Crippen LogP contribution in [0.2, 0.25) is 0 Å². The van der Waals surface area contributed by atoms with Gasteiger partial charge in [-0.25, -0.2) is 14.8 Å². The van der Waals surface area contributed by atoms with Crippen LogP contribution in [0.5, 0.6) is 5.75 Å². The number of nitrogen functional groups attached to an aromatic ring is 1. The minimum absolute atomic E-state index is 0.0624. The Morgan fingerprint density at radius 2 is 1.92 bits per heavy atom. The monoisotopic (exact) mass is 721 g/mol. The molecule has 3 aromatic rings. The number of aromatic nitrogens is 2. The normalized spacial score (nSPS) is 19.9. The summed E-state index contributed by atoms with van der Waals surface area (Å²) in [4.78, 5) is 51.8. The number of nitrogens with two attached hydrogens (primary N) is 1. The average Bonchev–Trinajstić information content (AvgIpc) is 3.46. The molecule has 264 valence electrons. The number of hydroxylamine groups is 2. The number of nitrogens with zero attached hydrogens (tertiary/aromatic N) is 5. The van der Waals surface area contributed by atoms with E-state index in [0.717, 1.165) is 58.5 Å². The topological polar surface area (TPSA) is 245 Å². The van der Waals surface area contributed by atoms with Gasteiger partial charge in [-0.2, -0.15) is 13.5 Å². The molecular formula is C29H37N8O10S2+. The number of carboxylic acids is 1. The Morgan fingerprint density at radius 1 is 1.20 bits per heavy atom. The van der Waals surface area contributed by atoms with Crippen molar-refractivity contribution in [2.24, 2.45) is 5.16 Å². The largest absolute Gasteiger partial charge is 0.489 e. The number of nitrogens with one attached hydrogen (secondary N) is 2. The number of carbonyl (C=O) groups excluding carboxylic acids is 2. The number of hydrogen-bond donors (Lipinski definition) is 5. The van der Waals surface area contributed by atoms with Gasteiger partial charge in [0.1, 0.15) is 29.9 Å². The molecule has 2 aromatic heterocycles. The van der Waals surface area contributed by atoms with Gasteiger partial charge in [0.05, 0.1) is 38.2 Å². The van der Waals surface area contributed by atoms with E-state index in [4.69, 9.17) is 24.8 Å². The van der Waals surface area contributed by atoms with Gasteiger partial charge in [0.2, 0.25) is 0 Å². The van der Waals surface area contributed by atoms with E-state index in [1.54, 1.807) is 18.2 Å². The van der Waals surface area contributed by atoms with E-state index in [1.165, 1.54) is 19.2 Å². The van der Waals surface area contributed by atoms with Gasteiger partial charge < -0.3 is 35.5 Å². The van der Waals surface area contributed by atoms with E-state index in [9.17, 15) is 27.9 Å². The average molecular weight is 722 g/mol. The number of thiazole rings is 1. The van der Waals surface area contributed by atoms with Gasteiger partial charge in [-0.05, 0) is 44.2 Å². The molecule has 2 aliphatic rings. The molecule has 5 rings (SSSR count). The van der Waals surface area contributed by atoms with E-state index in [-0.39, 0.29) is 10.8 Å². The zero-order valence-corrected chi connectivity index (χ0v) is 28.7. The standard InChI is InChI=1S/C29H36N8O10S2/c1-29(2)24(26(39)36(29)47-49(42,43)44)34-25(38)23(20-15-48-28(30)33-20)35-46-21(27(40)41)14-45-18-6-7-19-16(13-18)5-8-22(32-19)31-17-9-11-37(3,4)12-10-17/h5-8,13,15,17,21,24H,9-12,14H2,1-4H3,(H5-,30,31,32,33,34,38,40,41,42,43,44)/p+1/b35-23-/t21-,24+/m0/s1. The van der Waals surface area contributed by atoms with Gasteiger partial charge in [0.15, 0.2) is 10.8 Å². The summed E-state index contributed by atoms with van der Waals surface area (Å²) in [5.74, 6) is -2.34. The van der Waals surface area contributed by atoms with Crippen LogP contribution in [0.25, 0.3) is 10.9 Å². The zero-order chi connectivity index (χ0) is 35.7. The predicted molar refractivity (Wildman–Crippen MR) is 177 cm³/mol. The molecule has 1 aromatic carbocycles. The molecule has 0 unspecified atom stereocenters. The molecule has 0 spiro atoms. The number of hydrogen-bond acceptors (Lipinski definition) is 14. The number of carboxylic acid groups (broad SMARTS) is 1. The van der Waals surface area contributed by atoms with Crippen molar-refractivity contribution in [1.29, 1.82) is 0 Å². The molecule has 0 radical (unpaired) electrons. The van der Waals surface area contributed by atoms with Crippen molar-refractivity contribution < 1.29 is 50.8 Å². The van der Waals surface area contributed by atoms with Crippen molar-refractivity contribution in [1.82, 2.24) is 20.3 Å². The van der Waals surface area contributed by atoms with Crippen LogP contribution in [-0.2, 0) is 33.9 Å². The smallest absolute Gasteiger partial charge is 0.418 e. The van der Waals surface area contributed by atoms with Crippen LogP contribution in [0, 0.1) is 0 Å². The van der Waals surface area contributed by atoms with Crippen LogP contribution < -0.4 is 21.1 Å². The van der Waals surface area contributed by atoms with Crippen LogP contribution in [0.4, 0.5) is 10.9 Å². The van der Waals surface area contributed by atoms with Gasteiger partial charge in [-0.1, -0.05) is 5.16 Å². The zero-order valence-electron chi connectivity index (χ0n) is 27.0. The molecule has 18 nitrogen and oxygen atoms in total. The number of β-lactam (4-membered cyclic amide) rings is 1. The summed E-state index contributed by atoms with van der Waals surface area (Å²) in [5.41, 5.74) is 4.41. The lowest BCUT2D eigenvalue weighted by molar-refractivity contribution is -0.895. The lowest BCUT2D eigenvalue weighted by atomic mass is 9.84. The Kier molecular flexibility index (Phi) is 9.98. The number of ether oxygens (including phenoxy) is 1. The Balaban J connectivity index is 1.24. The summed E-state index contributed by atoms with van der Waals surface area (Å²) in [6, 6.07) is 7.90. The van der Waals surface area contributed by atoms with Crippen LogP contribution in [0.1, 0.15) is 32.4 Å². The molecule has 6 N–H and O–H groups in total. The van der Waals surface area contributed by atoms with E-state index in [0.29, 0.717) is 16.9 Å². The SMILES string of the molecule is CC1(C)[C@H](NC(=O)/C(=N\O[C@@H](COc2ccc3nc(NC4CC[N+](C)(C)CC4)ccc3c2)C(=O)O)c2csc(N)n2)C(=O)N1OS(=O)(=O)O. The molecule has 49 heavy (non-hydrogen) atoms. The summed E-state index contributed by atoms with van der Waals surface area (Å²) >= 11 is 0.964. The van der Waals surface area contributed by atoms with Crippen molar-refractivity contribution in [3.63, 3.8) is 0 Å². The molecule has 2 fully saturated rings. The number of carbonyl (C=O) groups is 3. The third-order valence-electron chi connectivity index (χ3n) is 8.23. The number of quaternary nitrogens is 1. The maximum absolute atomic E-state index is 13.3. The lowest BCUT2D eigenvalue weighted by Gasteiger charge is -2.50. The van der Waals surface area contributed by atoms with Crippen LogP contribution in [-0.4, -0.2) is 119 Å². The van der Waals surface area contributed by atoms with E-state index >= 15 is 0 Å². The van der Waals surface area contributed by atoms with Gasteiger partial charge in [0.25, 0.3) is 17.9 Å². The highest BCUT2D eigenvalue weighted by atomic mass is 32.3. The first-order valence-electron chi connectivity index (χ1n) is 15.0. The molecule has 2 atom stereocenters. The number of fused-ring (bicyclic) bond motifs is 1. The predicted octanol–water partition coefficient (Wildman–Crippen LogP) is 1.02. The van der Waals surface area contributed by atoms with E-state index < -0.39 is 58.2 Å². The van der Waals surface area contributed by atoms with E-state index in [2.05, 4.69) is 39.2 Å². The number of benzene rings is 1. The summed E-state index contributed by atoms with van der Waals surface area (Å²) < 4.78 is 42.2. The molecule has 20 heteroatoms. The number of anilines is 2. The maximum atomic E-state index is 13.3. The molecule has 0 bridgehead atoms. The molecule has 0 aliphatic carbocycles. The number of rotatable bonds is 13. The minimum Gasteiger partial charge on any atom is -0.489 e. The van der Waals surface area contributed by atoms with Gasteiger partial charge in [0, 0.05) is 29.6 Å². The Labute approximate surface area is 285 Å². The summed E-state index contributed by atoms with van der Waals surface area (Å²) in [6.07, 6.45) is 0.415. The highest BCUT2D eigenvalue weighted by molar-refractivity contribution is 7.80. The maximum Gasteiger partial charge on any atom is 0.418 e. The Bertz CT molecular complexity index is 1890. The molecule has 2 amide bonds. The molecule has 2 aliphatic heterocycles. The minimum atomic E-state index is -5.02. The number of pyridine rings is 1. The van der Waals surface area contributed by atoms with Crippen molar-refractivity contribution in [2.45, 2.75) is 50.4 Å². The summed E-state index contributed by atoms with van der Waals surface area (Å²) in [6.45, 7) is 4.41. The molecule has 4 heterocycles. The third-order valence-corrected chi connectivity index (χ3v) is 9.24. The Morgan fingerprint density at radius 3 is 2.53 bits per heavy atom. The second-order valence-corrected chi connectivity index (χ2v) is 14.7. The van der Waals surface area contributed by atoms with E-state index in [1.807, 2.05) is 12.1 Å². The number of amides is 2. The fourth-order valence-corrected chi connectivity index (χ4v) is 6.35. The van der Waals surface area contributed by atoms with Crippen LogP contribution in [0.15, 0.2) is 40.9 Å². The highest BCUT2D eigenvalue weighted by Gasteiger charge is 2.58. The van der Waals surface area contributed by atoms with Gasteiger partial charge in [-0.15, -0.1) is 15.6 Å². The van der Waals surface area contributed by atoms with Gasteiger partial charge >= 0.3 is 16.4 Å². The lowest BCUT2D eigenvalue weighted by Crippen LogP contribution is -2.76. The molecule has 0 saturated carbocycles. The summed E-state index contributed by atoms with van der Waals surface area (Å²) in [5, 5.41) is 22.0. The van der Waals surface area contributed by atoms with Crippen molar-refractivity contribution in [3.05, 3.63) is 41.4 Å². The first-order valence-corrected chi connectivity index (χ1v) is 17.3. The van der Waals surface area contributed by atoms with Crippen LogP contribution in [0.3, 0.4) is 0 Å². The van der Waals surface area contributed by atoms with Gasteiger partial charge in [-0.3, -0.25) is 14.1 Å². The highest BCUT2D eigenvalue weighted by Crippen LogP contribution is 2.33. The first-order chi connectivity index (χ1) is 22.9. The van der Waals surface area contributed by atoms with Crippen molar-refractivity contribution in [2.75, 3.05) is 44.8 Å².